The number of hydrogen-bond acceptors (Lipinski definition) is 3. The largest absolute Gasteiger partial charge is 0.351 e. The van der Waals surface area contributed by atoms with Crippen LogP contribution in [0.25, 0.3) is 0 Å². The van der Waals surface area contributed by atoms with Gasteiger partial charge >= 0.3 is 0 Å². The molecule has 23 heavy (non-hydrogen) atoms. The van der Waals surface area contributed by atoms with E-state index in [1.165, 1.54) is 49.9 Å². The number of amides is 1. The quantitative estimate of drug-likeness (QED) is 0.877. The Morgan fingerprint density at radius 2 is 1.91 bits per heavy atom. The highest BCUT2D eigenvalue weighted by molar-refractivity contribution is 5.81. The first-order valence-electron chi connectivity index (χ1n) is 9.12. The highest BCUT2D eigenvalue weighted by Crippen LogP contribution is 2.14. The third-order valence-electron chi connectivity index (χ3n) is 4.94. The zero-order valence-electron chi connectivity index (χ0n) is 14.0. The Labute approximate surface area is 139 Å². The minimum absolute atomic E-state index is 0.00952. The molecule has 0 unspecified atom stereocenters. The smallest absolute Gasteiger partial charge is 0.237 e. The van der Waals surface area contributed by atoms with Gasteiger partial charge in [0.1, 0.15) is 0 Å². The van der Waals surface area contributed by atoms with E-state index < -0.39 is 0 Å². The van der Waals surface area contributed by atoms with Gasteiger partial charge in [0, 0.05) is 13.1 Å². The molecule has 0 saturated carbocycles. The van der Waals surface area contributed by atoms with E-state index in [2.05, 4.69) is 39.8 Å². The summed E-state index contributed by atoms with van der Waals surface area (Å²) in [5.74, 6) is 0.139. The van der Waals surface area contributed by atoms with Crippen molar-refractivity contribution in [1.82, 2.24) is 15.5 Å². The highest BCUT2D eigenvalue weighted by atomic mass is 16.2. The molecule has 1 amide bonds. The monoisotopic (exact) mass is 315 g/mol. The molecule has 0 bridgehead atoms. The molecule has 1 aromatic rings. The van der Waals surface area contributed by atoms with Gasteiger partial charge in [0.2, 0.25) is 5.91 Å². The summed E-state index contributed by atoms with van der Waals surface area (Å²) in [6, 6.07) is 8.67. The van der Waals surface area contributed by atoms with E-state index in [-0.39, 0.29) is 11.9 Å². The maximum absolute atomic E-state index is 12.1. The fourth-order valence-corrected chi connectivity index (χ4v) is 3.61. The topological polar surface area (TPSA) is 44.4 Å². The second-order valence-corrected chi connectivity index (χ2v) is 6.88. The van der Waals surface area contributed by atoms with Crippen molar-refractivity contribution in [2.75, 3.05) is 19.6 Å². The summed E-state index contributed by atoms with van der Waals surface area (Å²) in [7, 11) is 0. The van der Waals surface area contributed by atoms with Gasteiger partial charge in [-0.05, 0) is 56.4 Å². The number of benzene rings is 1. The van der Waals surface area contributed by atoms with Gasteiger partial charge in [-0.1, -0.05) is 37.1 Å². The van der Waals surface area contributed by atoms with Crippen molar-refractivity contribution < 1.29 is 4.79 Å². The molecule has 3 rings (SSSR count). The van der Waals surface area contributed by atoms with Crippen LogP contribution in [0.2, 0.25) is 0 Å². The Kier molecular flexibility index (Phi) is 6.06. The Morgan fingerprint density at radius 3 is 2.65 bits per heavy atom. The van der Waals surface area contributed by atoms with Crippen molar-refractivity contribution in [3.8, 4) is 0 Å². The molecule has 4 nitrogen and oxygen atoms in total. The Hall–Kier alpha value is -1.39. The molecule has 2 aliphatic heterocycles. The zero-order chi connectivity index (χ0) is 15.9. The lowest BCUT2D eigenvalue weighted by molar-refractivity contribution is -0.122. The summed E-state index contributed by atoms with van der Waals surface area (Å²) < 4.78 is 0. The molecule has 2 saturated heterocycles. The van der Waals surface area contributed by atoms with Crippen LogP contribution in [-0.4, -0.2) is 36.5 Å². The lowest BCUT2D eigenvalue weighted by atomic mass is 10.1. The molecule has 1 atom stereocenters. The SMILES string of the molecule is O=C(NCc1cccc(CN2CCCCCC2)c1)[C@@H]1CCCN1. The first kappa shape index (κ1) is 16.5. The molecular weight excluding hydrogens is 286 g/mol. The van der Waals surface area contributed by atoms with Crippen molar-refractivity contribution >= 4 is 5.91 Å². The van der Waals surface area contributed by atoms with Gasteiger partial charge in [-0.25, -0.2) is 0 Å². The molecule has 0 radical (unpaired) electrons. The van der Waals surface area contributed by atoms with Gasteiger partial charge in [0.05, 0.1) is 6.04 Å². The number of hydrogen-bond donors (Lipinski definition) is 2. The number of carbonyl (C=O) groups excluding carboxylic acids is 1. The lowest BCUT2D eigenvalue weighted by Gasteiger charge is -2.20. The van der Waals surface area contributed by atoms with Crippen molar-refractivity contribution in [3.05, 3.63) is 35.4 Å². The maximum Gasteiger partial charge on any atom is 0.237 e. The molecule has 0 aromatic heterocycles. The van der Waals surface area contributed by atoms with Gasteiger partial charge in [0.25, 0.3) is 0 Å². The van der Waals surface area contributed by atoms with Crippen molar-refractivity contribution in [2.24, 2.45) is 0 Å². The van der Waals surface area contributed by atoms with Crippen LogP contribution in [0.15, 0.2) is 24.3 Å². The van der Waals surface area contributed by atoms with E-state index in [0.29, 0.717) is 6.54 Å². The third-order valence-corrected chi connectivity index (χ3v) is 4.94. The minimum atomic E-state index is 0.00952. The summed E-state index contributed by atoms with van der Waals surface area (Å²) in [4.78, 5) is 14.6. The zero-order valence-corrected chi connectivity index (χ0v) is 14.0. The average molecular weight is 315 g/mol. The standard InChI is InChI=1S/C19H29N3O/c23-19(18-9-6-10-20-18)21-14-16-7-5-8-17(13-16)15-22-11-3-1-2-4-12-22/h5,7-8,13,18,20H,1-4,6,9-12,14-15H2,(H,21,23)/t18-/m0/s1. The summed E-state index contributed by atoms with van der Waals surface area (Å²) in [5, 5.41) is 6.31. The fourth-order valence-electron chi connectivity index (χ4n) is 3.61. The molecule has 2 N–H and O–H groups in total. The van der Waals surface area contributed by atoms with Crippen LogP contribution in [-0.2, 0) is 17.9 Å². The molecule has 2 aliphatic rings. The summed E-state index contributed by atoms with van der Waals surface area (Å²) in [6.45, 7) is 5.06. The van der Waals surface area contributed by atoms with Crippen LogP contribution < -0.4 is 10.6 Å². The number of nitrogens with one attached hydrogen (secondary N) is 2. The number of nitrogens with zero attached hydrogens (tertiary/aromatic N) is 1. The van der Waals surface area contributed by atoms with Crippen LogP contribution in [0.1, 0.15) is 49.7 Å². The Balaban J connectivity index is 1.51. The van der Waals surface area contributed by atoms with E-state index in [4.69, 9.17) is 0 Å². The van der Waals surface area contributed by atoms with Gasteiger partial charge < -0.3 is 10.6 Å². The van der Waals surface area contributed by atoms with E-state index >= 15 is 0 Å². The van der Waals surface area contributed by atoms with Gasteiger partial charge in [-0.2, -0.15) is 0 Å². The molecule has 126 valence electrons. The molecule has 2 fully saturated rings. The van der Waals surface area contributed by atoms with Crippen LogP contribution in [0.4, 0.5) is 0 Å². The van der Waals surface area contributed by atoms with Crippen molar-refractivity contribution in [2.45, 2.75) is 57.7 Å². The van der Waals surface area contributed by atoms with Crippen LogP contribution in [0.5, 0.6) is 0 Å². The van der Waals surface area contributed by atoms with Crippen LogP contribution in [0, 0.1) is 0 Å². The maximum atomic E-state index is 12.1. The number of likely N-dealkylation sites (tertiary alicyclic amines) is 1. The predicted octanol–water partition coefficient (Wildman–Crippen LogP) is 2.43. The fraction of sp³-hybridized carbons (Fsp3) is 0.632. The van der Waals surface area contributed by atoms with E-state index in [9.17, 15) is 4.79 Å². The molecule has 0 spiro atoms. The number of carbonyl (C=O) groups is 1. The molecular formula is C19H29N3O. The highest BCUT2D eigenvalue weighted by Gasteiger charge is 2.21. The third kappa shape index (κ3) is 5.05. The molecule has 4 heteroatoms. The second-order valence-electron chi connectivity index (χ2n) is 6.88. The second kappa shape index (κ2) is 8.46. The van der Waals surface area contributed by atoms with E-state index in [1.807, 2.05) is 0 Å². The van der Waals surface area contributed by atoms with E-state index in [0.717, 1.165) is 25.9 Å². The Bertz CT molecular complexity index is 503. The van der Waals surface area contributed by atoms with E-state index in [1.54, 1.807) is 0 Å². The van der Waals surface area contributed by atoms with Crippen LogP contribution in [0.3, 0.4) is 0 Å². The first-order chi connectivity index (χ1) is 11.3. The summed E-state index contributed by atoms with van der Waals surface area (Å²) >= 11 is 0. The lowest BCUT2D eigenvalue weighted by Crippen LogP contribution is -2.40. The van der Waals surface area contributed by atoms with Gasteiger partial charge in [-0.15, -0.1) is 0 Å². The summed E-state index contributed by atoms with van der Waals surface area (Å²) in [5.41, 5.74) is 2.56. The predicted molar refractivity (Wildman–Crippen MR) is 93.1 cm³/mol. The molecule has 0 aliphatic carbocycles. The minimum Gasteiger partial charge on any atom is -0.351 e. The summed E-state index contributed by atoms with van der Waals surface area (Å²) in [6.07, 6.45) is 7.45. The molecule has 1 aromatic carbocycles. The van der Waals surface area contributed by atoms with Gasteiger partial charge in [-0.3, -0.25) is 9.69 Å². The first-order valence-corrected chi connectivity index (χ1v) is 9.12. The normalized spacial score (nSPS) is 22.7. The van der Waals surface area contributed by atoms with Crippen molar-refractivity contribution in [1.29, 1.82) is 0 Å². The Morgan fingerprint density at radius 1 is 1.13 bits per heavy atom. The van der Waals surface area contributed by atoms with Crippen molar-refractivity contribution in [3.63, 3.8) is 0 Å². The van der Waals surface area contributed by atoms with Gasteiger partial charge in [0.15, 0.2) is 0 Å². The van der Waals surface area contributed by atoms with Crippen LogP contribution >= 0.6 is 0 Å². The average Bonchev–Trinajstić information content (AvgIpc) is 2.99. The molecule has 2 heterocycles. The number of rotatable bonds is 5.